The van der Waals surface area contributed by atoms with E-state index in [2.05, 4.69) is 5.32 Å². The minimum absolute atomic E-state index is 0.407. The first-order valence-electron chi connectivity index (χ1n) is 7.65. The Morgan fingerprint density at radius 2 is 2.17 bits per heavy atom. The molecule has 2 saturated heterocycles. The molecule has 3 nitrogen and oxygen atoms in total. The van der Waals surface area contributed by atoms with Gasteiger partial charge in [-0.3, -0.25) is 4.79 Å². The third-order valence-electron chi connectivity index (χ3n) is 5.15. The number of hydrogen-bond acceptors (Lipinski definition) is 3. The highest BCUT2D eigenvalue weighted by Gasteiger charge is 2.56. The molecule has 1 spiro atoms. The van der Waals surface area contributed by atoms with Crippen LogP contribution in [0.2, 0.25) is 0 Å². The van der Waals surface area contributed by atoms with Crippen LogP contribution in [0.5, 0.6) is 0 Å². The normalized spacial score (nSPS) is 33.8. The van der Waals surface area contributed by atoms with E-state index in [9.17, 15) is 4.79 Å². The highest BCUT2D eigenvalue weighted by atomic mass is 16.5. The van der Waals surface area contributed by atoms with Crippen molar-refractivity contribution in [2.24, 2.45) is 11.3 Å². The first kappa shape index (κ1) is 12.6. The van der Waals surface area contributed by atoms with E-state index in [4.69, 9.17) is 4.74 Å². The maximum atomic E-state index is 12.2. The summed E-state index contributed by atoms with van der Waals surface area (Å²) in [6, 6.07) is 0. The molecule has 3 aliphatic rings. The maximum absolute atomic E-state index is 12.2. The van der Waals surface area contributed by atoms with Crippen LogP contribution in [-0.2, 0) is 9.53 Å². The third-order valence-corrected chi connectivity index (χ3v) is 5.15. The molecule has 2 heterocycles. The van der Waals surface area contributed by atoms with E-state index >= 15 is 0 Å². The van der Waals surface area contributed by atoms with Crippen LogP contribution < -0.4 is 5.32 Å². The van der Waals surface area contributed by atoms with Gasteiger partial charge in [0, 0.05) is 18.9 Å². The second-order valence-electron chi connectivity index (χ2n) is 6.36. The first-order valence-corrected chi connectivity index (χ1v) is 7.65. The van der Waals surface area contributed by atoms with Crippen molar-refractivity contribution in [3.05, 3.63) is 0 Å². The zero-order valence-corrected chi connectivity index (χ0v) is 11.2. The van der Waals surface area contributed by atoms with Crippen LogP contribution in [0.15, 0.2) is 0 Å². The highest BCUT2D eigenvalue weighted by Crippen LogP contribution is 2.59. The van der Waals surface area contributed by atoms with Crippen LogP contribution in [-0.4, -0.2) is 31.6 Å². The predicted molar refractivity (Wildman–Crippen MR) is 70.5 cm³/mol. The summed E-state index contributed by atoms with van der Waals surface area (Å²) in [6.45, 7) is 3.15. The van der Waals surface area contributed by atoms with Crippen molar-refractivity contribution in [1.82, 2.24) is 5.32 Å². The molecule has 102 valence electrons. The van der Waals surface area contributed by atoms with Gasteiger partial charge in [0.05, 0.1) is 6.10 Å². The summed E-state index contributed by atoms with van der Waals surface area (Å²) < 4.78 is 5.60. The molecule has 3 heteroatoms. The average molecular weight is 251 g/mol. The molecule has 0 amide bonds. The fourth-order valence-corrected chi connectivity index (χ4v) is 3.83. The van der Waals surface area contributed by atoms with Crippen LogP contribution in [0, 0.1) is 11.3 Å². The predicted octanol–water partition coefficient (Wildman–Crippen LogP) is 2.29. The minimum Gasteiger partial charge on any atom is -0.378 e. The minimum atomic E-state index is 0.407. The Balaban J connectivity index is 1.37. The zero-order valence-electron chi connectivity index (χ0n) is 11.2. The lowest BCUT2D eigenvalue weighted by Gasteiger charge is -2.23. The van der Waals surface area contributed by atoms with Crippen LogP contribution in [0.4, 0.5) is 0 Å². The molecular weight excluding hydrogens is 226 g/mol. The number of rotatable bonds is 5. The monoisotopic (exact) mass is 251 g/mol. The number of carbonyl (C=O) groups excluding carboxylic acids is 1. The summed E-state index contributed by atoms with van der Waals surface area (Å²) >= 11 is 0. The summed E-state index contributed by atoms with van der Waals surface area (Å²) in [4.78, 5) is 12.2. The molecule has 3 rings (SSSR count). The summed E-state index contributed by atoms with van der Waals surface area (Å²) in [5.74, 6) is 0.944. The van der Waals surface area contributed by atoms with Crippen molar-refractivity contribution in [3.8, 4) is 0 Å². The largest absolute Gasteiger partial charge is 0.378 e. The Morgan fingerprint density at radius 1 is 1.33 bits per heavy atom. The summed E-state index contributed by atoms with van der Waals surface area (Å²) in [7, 11) is 0. The number of Topliss-reactive ketones (excluding diaryl/α,β-unsaturated/α-hetero) is 1. The van der Waals surface area contributed by atoms with E-state index in [1.807, 2.05) is 0 Å². The van der Waals surface area contributed by atoms with Crippen molar-refractivity contribution in [3.63, 3.8) is 0 Å². The van der Waals surface area contributed by atoms with Crippen LogP contribution in [0.25, 0.3) is 0 Å². The average Bonchev–Trinajstić information content (AvgIpc) is 2.85. The van der Waals surface area contributed by atoms with Crippen molar-refractivity contribution >= 4 is 5.78 Å². The molecule has 0 aromatic carbocycles. The van der Waals surface area contributed by atoms with Crippen LogP contribution in [0.3, 0.4) is 0 Å². The lowest BCUT2D eigenvalue weighted by molar-refractivity contribution is -0.121. The van der Waals surface area contributed by atoms with E-state index in [-0.39, 0.29) is 0 Å². The Hall–Kier alpha value is -0.410. The topological polar surface area (TPSA) is 38.3 Å². The first-order chi connectivity index (χ1) is 8.80. The lowest BCUT2D eigenvalue weighted by Crippen LogP contribution is -2.30. The summed E-state index contributed by atoms with van der Waals surface area (Å²) in [6.07, 6.45) is 9.38. The SMILES string of the molecule is O=C(CCCC1CCCO1)C1CC12CCNCC2. The van der Waals surface area contributed by atoms with Crippen molar-refractivity contribution in [2.75, 3.05) is 19.7 Å². The maximum Gasteiger partial charge on any atom is 0.136 e. The van der Waals surface area contributed by atoms with Gasteiger partial charge in [-0.25, -0.2) is 0 Å². The number of ether oxygens (including phenoxy) is 1. The van der Waals surface area contributed by atoms with Gasteiger partial charge >= 0.3 is 0 Å². The Labute approximate surface area is 110 Å². The number of piperidine rings is 1. The molecule has 2 aliphatic heterocycles. The molecule has 0 aromatic heterocycles. The fourth-order valence-electron chi connectivity index (χ4n) is 3.83. The standard InChI is InChI=1S/C15H25NO2/c17-14(5-1-3-12-4-2-10-18-12)13-11-15(13)6-8-16-9-7-15/h12-13,16H,1-11H2. The van der Waals surface area contributed by atoms with E-state index in [1.165, 1.54) is 32.1 Å². The van der Waals surface area contributed by atoms with Gasteiger partial charge in [-0.05, 0) is 63.5 Å². The van der Waals surface area contributed by atoms with Crippen LogP contribution in [0.1, 0.15) is 51.4 Å². The van der Waals surface area contributed by atoms with Gasteiger partial charge in [-0.2, -0.15) is 0 Å². The third kappa shape index (κ3) is 2.62. The van der Waals surface area contributed by atoms with Gasteiger partial charge in [0.1, 0.15) is 5.78 Å². The molecule has 3 fully saturated rings. The number of hydrogen-bond donors (Lipinski definition) is 1. The Kier molecular flexibility index (Phi) is 3.71. The van der Waals surface area contributed by atoms with Crippen LogP contribution >= 0.6 is 0 Å². The molecule has 1 saturated carbocycles. The van der Waals surface area contributed by atoms with Crippen molar-refractivity contribution in [2.45, 2.75) is 57.5 Å². The quantitative estimate of drug-likeness (QED) is 0.815. The second-order valence-corrected chi connectivity index (χ2v) is 6.36. The van der Waals surface area contributed by atoms with Gasteiger partial charge in [0.25, 0.3) is 0 Å². The van der Waals surface area contributed by atoms with E-state index in [1.54, 1.807) is 0 Å². The molecule has 0 aromatic rings. The molecule has 1 N–H and O–H groups in total. The molecule has 0 bridgehead atoms. The van der Waals surface area contributed by atoms with E-state index < -0.39 is 0 Å². The Morgan fingerprint density at radius 3 is 2.89 bits per heavy atom. The molecular formula is C15H25NO2. The summed E-state index contributed by atoms with van der Waals surface area (Å²) in [5.41, 5.74) is 0.423. The molecule has 2 unspecified atom stereocenters. The summed E-state index contributed by atoms with van der Waals surface area (Å²) in [5, 5.41) is 3.39. The van der Waals surface area contributed by atoms with Gasteiger partial charge in [-0.15, -0.1) is 0 Å². The number of carbonyl (C=O) groups is 1. The van der Waals surface area contributed by atoms with Crippen molar-refractivity contribution < 1.29 is 9.53 Å². The van der Waals surface area contributed by atoms with Gasteiger partial charge in [0.15, 0.2) is 0 Å². The molecule has 2 atom stereocenters. The van der Waals surface area contributed by atoms with Gasteiger partial charge in [0.2, 0.25) is 0 Å². The number of ketones is 1. The van der Waals surface area contributed by atoms with Crippen molar-refractivity contribution in [1.29, 1.82) is 0 Å². The van der Waals surface area contributed by atoms with E-state index in [0.29, 0.717) is 23.2 Å². The lowest BCUT2D eigenvalue weighted by atomic mass is 9.90. The smallest absolute Gasteiger partial charge is 0.136 e. The molecule has 18 heavy (non-hydrogen) atoms. The van der Waals surface area contributed by atoms with E-state index in [0.717, 1.165) is 39.0 Å². The van der Waals surface area contributed by atoms with Gasteiger partial charge in [-0.1, -0.05) is 0 Å². The Bertz CT molecular complexity index is 304. The van der Waals surface area contributed by atoms with Gasteiger partial charge < -0.3 is 10.1 Å². The number of nitrogens with one attached hydrogen (secondary N) is 1. The fraction of sp³-hybridized carbons (Fsp3) is 0.933. The zero-order chi connectivity index (χ0) is 12.4. The molecule has 1 aliphatic carbocycles. The molecule has 0 radical (unpaired) electrons. The highest BCUT2D eigenvalue weighted by molar-refractivity contribution is 5.84. The second kappa shape index (κ2) is 5.30.